The van der Waals surface area contributed by atoms with E-state index in [1.54, 1.807) is 18.2 Å². The molecule has 0 saturated carbocycles. The number of ether oxygens (including phenoxy) is 2. The summed E-state index contributed by atoms with van der Waals surface area (Å²) in [5, 5.41) is 0.503. The van der Waals surface area contributed by atoms with Gasteiger partial charge in [-0.2, -0.15) is 0 Å². The molecule has 0 fully saturated rings. The van der Waals surface area contributed by atoms with Crippen LogP contribution in [0.3, 0.4) is 0 Å². The first-order valence-electron chi connectivity index (χ1n) is 4.10. The van der Waals surface area contributed by atoms with E-state index in [4.69, 9.17) is 16.3 Å². The molecule has 0 bridgehead atoms. The van der Waals surface area contributed by atoms with E-state index in [0.29, 0.717) is 16.3 Å². The van der Waals surface area contributed by atoms with Crippen molar-refractivity contribution < 1.29 is 14.3 Å². The van der Waals surface area contributed by atoms with E-state index in [-0.39, 0.29) is 0 Å². The number of hydrogen-bond donors (Lipinski definition) is 0. The third-order valence-corrected chi connectivity index (χ3v) is 1.82. The molecule has 0 N–H and O–H groups in total. The highest BCUT2D eigenvalue weighted by atomic mass is 35.5. The molecule has 0 aromatic heterocycles. The van der Waals surface area contributed by atoms with E-state index in [1.165, 1.54) is 14.2 Å². The van der Waals surface area contributed by atoms with E-state index < -0.39 is 5.97 Å². The predicted molar refractivity (Wildman–Crippen MR) is 56.9 cm³/mol. The molecule has 15 heavy (non-hydrogen) atoms. The van der Waals surface area contributed by atoms with Gasteiger partial charge in [0.2, 0.25) is 0 Å². The smallest absolute Gasteiger partial charge is 0.384 e. The van der Waals surface area contributed by atoms with Crippen LogP contribution >= 0.6 is 11.6 Å². The maximum absolute atomic E-state index is 10.8. The number of hydrogen-bond acceptors (Lipinski definition) is 3. The zero-order valence-electron chi connectivity index (χ0n) is 8.33. The van der Waals surface area contributed by atoms with Crippen molar-refractivity contribution in [3.05, 3.63) is 28.8 Å². The minimum atomic E-state index is -0.589. The number of benzene rings is 1. The van der Waals surface area contributed by atoms with Gasteiger partial charge in [-0.05, 0) is 18.2 Å². The van der Waals surface area contributed by atoms with Gasteiger partial charge >= 0.3 is 5.97 Å². The zero-order valence-corrected chi connectivity index (χ0v) is 9.09. The van der Waals surface area contributed by atoms with Gasteiger partial charge in [-0.3, -0.25) is 0 Å². The van der Waals surface area contributed by atoms with Crippen LogP contribution in [-0.2, 0) is 9.53 Å². The lowest BCUT2D eigenvalue weighted by Gasteiger charge is -2.00. The maximum Gasteiger partial charge on any atom is 0.384 e. The summed E-state index contributed by atoms with van der Waals surface area (Å²) in [6.07, 6.45) is 0. The van der Waals surface area contributed by atoms with Gasteiger partial charge in [0.25, 0.3) is 0 Å². The first-order chi connectivity index (χ1) is 7.15. The molecule has 0 heterocycles. The normalized spacial score (nSPS) is 8.73. The summed E-state index contributed by atoms with van der Waals surface area (Å²) in [7, 11) is 2.80. The Morgan fingerprint density at radius 3 is 2.67 bits per heavy atom. The van der Waals surface area contributed by atoms with Crippen LogP contribution in [-0.4, -0.2) is 20.2 Å². The molecule has 0 aliphatic carbocycles. The van der Waals surface area contributed by atoms with Crippen LogP contribution in [0.25, 0.3) is 0 Å². The first-order valence-corrected chi connectivity index (χ1v) is 4.48. The van der Waals surface area contributed by atoms with Crippen molar-refractivity contribution in [1.29, 1.82) is 0 Å². The number of carbonyl (C=O) groups is 1. The fourth-order valence-corrected chi connectivity index (χ4v) is 1.15. The second kappa shape index (κ2) is 5.28. The van der Waals surface area contributed by atoms with Crippen LogP contribution < -0.4 is 4.74 Å². The average molecular weight is 225 g/mol. The second-order valence-corrected chi connectivity index (χ2v) is 3.06. The Labute approximate surface area is 92.9 Å². The maximum atomic E-state index is 10.8. The zero-order chi connectivity index (χ0) is 11.3. The number of rotatable bonds is 1. The summed E-state index contributed by atoms with van der Waals surface area (Å²) in [4.78, 5) is 10.8. The molecule has 0 unspecified atom stereocenters. The Balaban J connectivity index is 2.98. The molecule has 1 rings (SSSR count). The van der Waals surface area contributed by atoms with Gasteiger partial charge in [0.05, 0.1) is 14.2 Å². The minimum Gasteiger partial charge on any atom is -0.497 e. The lowest BCUT2D eigenvalue weighted by Crippen LogP contribution is -1.94. The van der Waals surface area contributed by atoms with Crippen LogP contribution in [0.5, 0.6) is 5.75 Å². The predicted octanol–water partition coefficient (Wildman–Crippen LogP) is 1.87. The highest BCUT2D eigenvalue weighted by molar-refractivity contribution is 6.30. The molecule has 0 spiro atoms. The van der Waals surface area contributed by atoms with Crippen molar-refractivity contribution in [2.45, 2.75) is 0 Å². The van der Waals surface area contributed by atoms with Crippen molar-refractivity contribution >= 4 is 17.6 Å². The van der Waals surface area contributed by atoms with E-state index in [2.05, 4.69) is 16.6 Å². The van der Waals surface area contributed by atoms with E-state index >= 15 is 0 Å². The lowest BCUT2D eigenvalue weighted by molar-refractivity contribution is -0.133. The summed E-state index contributed by atoms with van der Waals surface area (Å²) in [6.45, 7) is 0. The Morgan fingerprint density at radius 2 is 2.07 bits per heavy atom. The fraction of sp³-hybridized carbons (Fsp3) is 0.182. The van der Waals surface area contributed by atoms with Crippen LogP contribution in [0.2, 0.25) is 5.02 Å². The topological polar surface area (TPSA) is 35.5 Å². The van der Waals surface area contributed by atoms with Crippen molar-refractivity contribution in [2.75, 3.05) is 14.2 Å². The highest BCUT2D eigenvalue weighted by Gasteiger charge is 1.98. The molecule has 0 saturated heterocycles. The van der Waals surface area contributed by atoms with Crippen LogP contribution in [0.15, 0.2) is 18.2 Å². The molecule has 0 aliphatic rings. The molecule has 1 aromatic carbocycles. The molecule has 78 valence electrons. The van der Waals surface area contributed by atoms with Crippen molar-refractivity contribution in [1.82, 2.24) is 0 Å². The van der Waals surface area contributed by atoms with Gasteiger partial charge in [0.15, 0.2) is 0 Å². The quantitative estimate of drug-likeness (QED) is 0.540. The van der Waals surface area contributed by atoms with Crippen LogP contribution in [0, 0.1) is 11.8 Å². The molecule has 0 aliphatic heterocycles. The van der Waals surface area contributed by atoms with E-state index in [1.807, 2.05) is 0 Å². The van der Waals surface area contributed by atoms with Crippen LogP contribution in [0.4, 0.5) is 0 Å². The number of halogens is 1. The van der Waals surface area contributed by atoms with Gasteiger partial charge in [-0.25, -0.2) is 4.79 Å². The Bertz CT molecular complexity index is 429. The van der Waals surface area contributed by atoms with Gasteiger partial charge in [0.1, 0.15) is 5.75 Å². The molecular formula is C11H9ClO3. The highest BCUT2D eigenvalue weighted by Crippen LogP contribution is 2.19. The molecule has 3 nitrogen and oxygen atoms in total. The SMILES string of the molecule is COC(=O)C#Cc1cc(Cl)cc(OC)c1. The number of methoxy groups -OCH3 is 2. The Morgan fingerprint density at radius 1 is 1.33 bits per heavy atom. The Kier molecular flexibility index (Phi) is 4.02. The monoisotopic (exact) mass is 224 g/mol. The van der Waals surface area contributed by atoms with Crippen LogP contribution in [0.1, 0.15) is 5.56 Å². The van der Waals surface area contributed by atoms with Crippen molar-refractivity contribution in [3.8, 4) is 17.6 Å². The van der Waals surface area contributed by atoms with Crippen molar-refractivity contribution in [3.63, 3.8) is 0 Å². The second-order valence-electron chi connectivity index (χ2n) is 2.62. The third kappa shape index (κ3) is 3.53. The molecular weight excluding hydrogens is 216 g/mol. The van der Waals surface area contributed by atoms with E-state index in [9.17, 15) is 4.79 Å². The fourth-order valence-electron chi connectivity index (χ4n) is 0.927. The summed E-state index contributed by atoms with van der Waals surface area (Å²) >= 11 is 5.81. The largest absolute Gasteiger partial charge is 0.497 e. The van der Waals surface area contributed by atoms with Gasteiger partial charge in [-0.1, -0.05) is 17.5 Å². The van der Waals surface area contributed by atoms with Gasteiger partial charge in [-0.15, -0.1) is 0 Å². The standard InChI is InChI=1S/C11H9ClO3/c1-14-10-6-8(5-9(12)7-10)3-4-11(13)15-2/h5-7H,1-2H3. The summed E-state index contributed by atoms with van der Waals surface area (Å²) in [5.41, 5.74) is 0.602. The van der Waals surface area contributed by atoms with Crippen molar-refractivity contribution in [2.24, 2.45) is 0 Å². The summed E-state index contributed by atoms with van der Waals surface area (Å²) < 4.78 is 9.38. The first kappa shape index (κ1) is 11.4. The summed E-state index contributed by atoms with van der Waals surface area (Å²) in [5.74, 6) is 4.93. The molecule has 0 radical (unpaired) electrons. The molecule has 1 aromatic rings. The summed E-state index contributed by atoms with van der Waals surface area (Å²) in [6, 6.07) is 4.98. The van der Waals surface area contributed by atoms with Gasteiger partial charge < -0.3 is 9.47 Å². The molecule has 0 atom stereocenters. The number of esters is 1. The minimum absolute atomic E-state index is 0.503. The average Bonchev–Trinajstić information content (AvgIpc) is 2.25. The third-order valence-electron chi connectivity index (χ3n) is 1.60. The van der Waals surface area contributed by atoms with E-state index in [0.717, 1.165) is 0 Å². The molecule has 4 heteroatoms. The lowest BCUT2D eigenvalue weighted by atomic mass is 10.2. The Hall–Kier alpha value is -1.66. The number of carbonyl (C=O) groups excluding carboxylic acids is 1. The van der Waals surface area contributed by atoms with Gasteiger partial charge in [0, 0.05) is 16.5 Å². The molecule has 0 amide bonds.